The largest absolute Gasteiger partial charge is 0.414 e. The Bertz CT molecular complexity index is 984. The number of rotatable bonds is 8. The standard InChI is InChI=1S/C36H64O3Si2/c1-26(25-37)21-27(2)32-18-19-33-29(15-14-20-36(32,33)9)17-16-28-22-30(38-40(10,11)34(3,4)5)24-31(23-28)39-41(12,13)35(6,7)8/h16-17,21,25-26,30-33H,14-15,18-20,22-24H2,1-13H3/t26?,30-,31-,32-,33+,36-/m1/s1. The summed E-state index contributed by atoms with van der Waals surface area (Å²) in [4.78, 5) is 11.3. The first-order chi connectivity index (χ1) is 18.7. The summed E-state index contributed by atoms with van der Waals surface area (Å²) >= 11 is 0. The molecule has 3 fully saturated rings. The fourth-order valence-electron chi connectivity index (χ4n) is 7.41. The Labute approximate surface area is 256 Å². The molecule has 5 heteroatoms. The topological polar surface area (TPSA) is 35.5 Å². The zero-order chi connectivity index (χ0) is 31.0. The fraction of sp³-hybridized carbons (Fsp3) is 0.806. The highest BCUT2D eigenvalue weighted by Crippen LogP contribution is 2.59. The van der Waals surface area contributed by atoms with Crippen LogP contribution in [0.25, 0.3) is 0 Å². The summed E-state index contributed by atoms with van der Waals surface area (Å²) in [6.07, 6.45) is 18.1. The second-order valence-electron chi connectivity index (χ2n) is 17.2. The maximum Gasteiger partial charge on any atom is 0.192 e. The molecule has 3 nitrogen and oxygen atoms in total. The summed E-state index contributed by atoms with van der Waals surface area (Å²) in [7, 11) is -3.75. The molecular weight excluding hydrogens is 537 g/mol. The van der Waals surface area contributed by atoms with Crippen molar-refractivity contribution < 1.29 is 13.6 Å². The zero-order valence-corrected chi connectivity index (χ0v) is 31.1. The molecule has 0 radical (unpaired) electrons. The molecule has 0 bridgehead atoms. The van der Waals surface area contributed by atoms with Crippen molar-refractivity contribution in [1.29, 1.82) is 0 Å². The third-order valence-corrected chi connectivity index (χ3v) is 20.9. The average molecular weight is 601 g/mol. The van der Waals surface area contributed by atoms with Gasteiger partial charge < -0.3 is 13.6 Å². The smallest absolute Gasteiger partial charge is 0.192 e. The lowest BCUT2D eigenvalue weighted by atomic mass is 9.62. The number of aldehydes is 1. The van der Waals surface area contributed by atoms with Crippen LogP contribution in [0.5, 0.6) is 0 Å². The molecule has 41 heavy (non-hydrogen) atoms. The normalized spacial score (nSPS) is 32.2. The van der Waals surface area contributed by atoms with Gasteiger partial charge in [-0.3, -0.25) is 0 Å². The summed E-state index contributed by atoms with van der Waals surface area (Å²) in [6, 6.07) is 0. The van der Waals surface area contributed by atoms with Crippen molar-refractivity contribution in [2.24, 2.45) is 23.2 Å². The van der Waals surface area contributed by atoms with E-state index < -0.39 is 16.6 Å². The van der Waals surface area contributed by atoms with Gasteiger partial charge >= 0.3 is 0 Å². The Morgan fingerprint density at radius 3 is 1.95 bits per heavy atom. The first kappa shape index (κ1) is 34.7. The van der Waals surface area contributed by atoms with Gasteiger partial charge in [0.15, 0.2) is 16.6 Å². The monoisotopic (exact) mass is 600 g/mol. The van der Waals surface area contributed by atoms with Gasteiger partial charge in [0.1, 0.15) is 6.29 Å². The quantitative estimate of drug-likeness (QED) is 0.158. The number of hydrogen-bond donors (Lipinski definition) is 0. The molecule has 0 aromatic rings. The van der Waals surface area contributed by atoms with Gasteiger partial charge in [-0.05, 0) is 112 Å². The van der Waals surface area contributed by atoms with Gasteiger partial charge in [0.2, 0.25) is 0 Å². The van der Waals surface area contributed by atoms with Crippen molar-refractivity contribution in [3.05, 3.63) is 34.9 Å². The molecule has 0 amide bonds. The first-order valence-corrected chi connectivity index (χ1v) is 22.4. The first-order valence-electron chi connectivity index (χ1n) is 16.6. The molecule has 0 heterocycles. The van der Waals surface area contributed by atoms with E-state index >= 15 is 0 Å². The number of hydrogen-bond acceptors (Lipinski definition) is 3. The lowest BCUT2D eigenvalue weighted by molar-refractivity contribution is -0.109. The van der Waals surface area contributed by atoms with Crippen LogP contribution in [0.1, 0.15) is 114 Å². The Hall–Kier alpha value is -0.756. The van der Waals surface area contributed by atoms with Crippen molar-refractivity contribution in [2.75, 3.05) is 0 Å². The van der Waals surface area contributed by atoms with Crippen LogP contribution in [0.15, 0.2) is 34.9 Å². The van der Waals surface area contributed by atoms with E-state index in [-0.39, 0.29) is 28.2 Å². The molecule has 1 unspecified atom stereocenters. The van der Waals surface area contributed by atoms with Crippen molar-refractivity contribution >= 4 is 22.9 Å². The predicted molar refractivity (Wildman–Crippen MR) is 181 cm³/mol. The van der Waals surface area contributed by atoms with E-state index in [2.05, 4.69) is 99.8 Å². The second kappa shape index (κ2) is 12.7. The van der Waals surface area contributed by atoms with Gasteiger partial charge in [0, 0.05) is 5.92 Å². The maximum absolute atomic E-state index is 11.3. The minimum Gasteiger partial charge on any atom is -0.414 e. The van der Waals surface area contributed by atoms with Crippen LogP contribution in [0.4, 0.5) is 0 Å². The van der Waals surface area contributed by atoms with Crippen LogP contribution in [0.2, 0.25) is 36.3 Å². The van der Waals surface area contributed by atoms with Crippen molar-refractivity contribution in [2.45, 2.75) is 162 Å². The maximum atomic E-state index is 11.3. The van der Waals surface area contributed by atoms with Crippen LogP contribution in [0, 0.1) is 23.2 Å². The summed E-state index contributed by atoms with van der Waals surface area (Å²) in [5, 5.41) is 0.404. The Kier molecular flexibility index (Phi) is 10.8. The molecule has 3 rings (SSSR count). The molecule has 3 aliphatic rings. The predicted octanol–water partition coefficient (Wildman–Crippen LogP) is 10.8. The zero-order valence-electron chi connectivity index (χ0n) is 29.1. The van der Waals surface area contributed by atoms with E-state index in [1.165, 1.54) is 43.3 Å². The second-order valence-corrected chi connectivity index (χ2v) is 26.7. The molecule has 3 saturated carbocycles. The van der Waals surface area contributed by atoms with E-state index in [0.29, 0.717) is 17.3 Å². The summed E-state index contributed by atoms with van der Waals surface area (Å²) < 4.78 is 14.1. The van der Waals surface area contributed by atoms with Gasteiger partial charge in [-0.1, -0.05) is 90.3 Å². The lowest BCUT2D eigenvalue weighted by Crippen LogP contribution is -2.48. The van der Waals surface area contributed by atoms with Crippen LogP contribution in [-0.4, -0.2) is 35.1 Å². The molecule has 0 aromatic heterocycles. The average Bonchev–Trinajstić information content (AvgIpc) is 3.18. The lowest BCUT2D eigenvalue weighted by Gasteiger charge is -2.45. The van der Waals surface area contributed by atoms with E-state index in [1.54, 1.807) is 5.57 Å². The number of carbonyl (C=O) groups is 1. The molecule has 0 aromatic carbocycles. The number of allylic oxidation sites excluding steroid dienone is 5. The van der Waals surface area contributed by atoms with Crippen molar-refractivity contribution in [1.82, 2.24) is 0 Å². The highest BCUT2D eigenvalue weighted by Gasteiger charge is 2.49. The van der Waals surface area contributed by atoms with E-state index in [0.717, 1.165) is 25.5 Å². The van der Waals surface area contributed by atoms with Crippen LogP contribution >= 0.6 is 0 Å². The van der Waals surface area contributed by atoms with Crippen LogP contribution in [0.3, 0.4) is 0 Å². The Balaban J connectivity index is 1.87. The van der Waals surface area contributed by atoms with Gasteiger partial charge in [0.05, 0.1) is 12.2 Å². The summed E-state index contributed by atoms with van der Waals surface area (Å²) in [6.45, 7) is 30.5. The van der Waals surface area contributed by atoms with E-state index in [4.69, 9.17) is 8.85 Å². The third kappa shape index (κ3) is 8.05. The van der Waals surface area contributed by atoms with Gasteiger partial charge in [-0.15, -0.1) is 0 Å². The Morgan fingerprint density at radius 2 is 1.46 bits per heavy atom. The fourth-order valence-corrected chi connectivity index (χ4v) is 10.1. The van der Waals surface area contributed by atoms with Gasteiger partial charge in [-0.2, -0.15) is 0 Å². The molecular formula is C36H64O3Si2. The minimum absolute atomic E-state index is 0.00950. The van der Waals surface area contributed by atoms with Crippen LogP contribution in [-0.2, 0) is 13.6 Å². The molecule has 0 spiro atoms. The van der Waals surface area contributed by atoms with Crippen molar-refractivity contribution in [3.63, 3.8) is 0 Å². The third-order valence-electron chi connectivity index (χ3n) is 11.8. The summed E-state index contributed by atoms with van der Waals surface area (Å²) in [5.74, 6) is 1.25. The van der Waals surface area contributed by atoms with Gasteiger partial charge in [0.25, 0.3) is 0 Å². The van der Waals surface area contributed by atoms with Gasteiger partial charge in [-0.25, -0.2) is 0 Å². The molecule has 3 aliphatic carbocycles. The molecule has 234 valence electrons. The van der Waals surface area contributed by atoms with Crippen molar-refractivity contribution in [3.8, 4) is 0 Å². The number of fused-ring (bicyclic) bond motifs is 1. The molecule has 0 saturated heterocycles. The van der Waals surface area contributed by atoms with Crippen LogP contribution < -0.4 is 0 Å². The number of carbonyl (C=O) groups excluding carboxylic acids is 1. The highest BCUT2D eigenvalue weighted by molar-refractivity contribution is 6.74. The molecule has 0 aliphatic heterocycles. The molecule has 0 N–H and O–H groups in total. The minimum atomic E-state index is -1.88. The SMILES string of the molecule is CC(=CC(C)C=O)[C@H]1CC[C@H]2C(=CC=C3C[C@@H](O[Si](C)(C)C(C)(C)C)C[C@H](O[Si](C)(C)C(C)(C)C)C3)CCC[C@]12C. The molecule has 6 atom stereocenters. The Morgan fingerprint density at radius 1 is 0.927 bits per heavy atom. The van der Waals surface area contributed by atoms with E-state index in [1.807, 2.05) is 6.92 Å². The van der Waals surface area contributed by atoms with E-state index in [9.17, 15) is 4.79 Å². The summed E-state index contributed by atoms with van der Waals surface area (Å²) in [5.41, 5.74) is 4.89. The highest BCUT2D eigenvalue weighted by atomic mass is 28.4.